The lowest BCUT2D eigenvalue weighted by Gasteiger charge is -2.17. The maximum absolute atomic E-state index is 12.8. The second-order valence-electron chi connectivity index (χ2n) is 8.52. The van der Waals surface area contributed by atoms with Gasteiger partial charge in [0, 0.05) is 29.4 Å². The number of rotatable bonds is 8. The van der Waals surface area contributed by atoms with Crippen LogP contribution in [0.2, 0.25) is 0 Å². The molecule has 14 heteroatoms. The number of carboxylic acid groups (broad SMARTS) is 1. The molecule has 10 nitrogen and oxygen atoms in total. The molecule has 0 saturated heterocycles. The third-order valence-electron chi connectivity index (χ3n) is 5.46. The van der Waals surface area contributed by atoms with Crippen molar-refractivity contribution < 1.29 is 45.8 Å². The molecule has 0 fully saturated rings. The van der Waals surface area contributed by atoms with Gasteiger partial charge in [-0.3, -0.25) is 10.2 Å². The zero-order valence-electron chi connectivity index (χ0n) is 21.7. The summed E-state index contributed by atoms with van der Waals surface area (Å²) in [5.74, 6) is -3.95. The number of carbonyl (C=O) groups excluding carboxylic acids is 2. The molecule has 3 aromatic carbocycles. The Kier molecular flexibility index (Phi) is 10.8. The summed E-state index contributed by atoms with van der Waals surface area (Å²) in [5, 5.41) is 17.4. The average molecular weight is 594 g/mol. The van der Waals surface area contributed by atoms with Crippen LogP contribution < -0.4 is 11.1 Å². The number of amidine groups is 1. The minimum atomic E-state index is -5.08. The molecule has 0 saturated carbocycles. The van der Waals surface area contributed by atoms with Crippen LogP contribution in [0.1, 0.15) is 21.5 Å². The first kappa shape index (κ1) is 32.5. The van der Waals surface area contributed by atoms with Crippen LogP contribution in [0.5, 0.6) is 0 Å². The molecule has 1 atom stereocenters. The summed E-state index contributed by atoms with van der Waals surface area (Å²) in [4.78, 5) is 34.3. The van der Waals surface area contributed by atoms with Crippen molar-refractivity contribution in [2.75, 3.05) is 13.4 Å². The molecule has 1 amide bonds. The third-order valence-corrected chi connectivity index (χ3v) is 6.61. The molecule has 0 aromatic heterocycles. The lowest BCUT2D eigenvalue weighted by molar-refractivity contribution is -0.192. The van der Waals surface area contributed by atoms with Crippen LogP contribution in [0.4, 0.5) is 13.2 Å². The molecule has 0 unspecified atom stereocenters. The zero-order chi connectivity index (χ0) is 31.0. The van der Waals surface area contributed by atoms with E-state index in [0.717, 1.165) is 6.26 Å². The summed E-state index contributed by atoms with van der Waals surface area (Å²) in [6, 6.07) is 19.0. The lowest BCUT2D eigenvalue weighted by atomic mass is 10.0. The monoisotopic (exact) mass is 593 g/mol. The molecular formula is C27H26F3N3O7S. The molecule has 218 valence electrons. The Morgan fingerprint density at radius 1 is 1.00 bits per heavy atom. The average Bonchev–Trinajstić information content (AvgIpc) is 2.91. The van der Waals surface area contributed by atoms with Gasteiger partial charge in [0.05, 0.1) is 12.0 Å². The fraction of sp³-hybridized carbons (Fsp3) is 0.185. The Hall–Kier alpha value is -4.72. The number of hydrogen-bond acceptors (Lipinski definition) is 7. The van der Waals surface area contributed by atoms with Crippen molar-refractivity contribution in [3.63, 3.8) is 0 Å². The Bertz CT molecular complexity index is 1540. The smallest absolute Gasteiger partial charge is 0.475 e. The maximum Gasteiger partial charge on any atom is 0.490 e. The van der Waals surface area contributed by atoms with Crippen LogP contribution in [0.3, 0.4) is 0 Å². The molecule has 0 aliphatic heterocycles. The highest BCUT2D eigenvalue weighted by molar-refractivity contribution is 7.90. The van der Waals surface area contributed by atoms with Crippen LogP contribution in [-0.4, -0.2) is 62.8 Å². The van der Waals surface area contributed by atoms with Crippen LogP contribution in [0.25, 0.3) is 11.1 Å². The van der Waals surface area contributed by atoms with E-state index in [9.17, 15) is 31.2 Å². The predicted molar refractivity (Wildman–Crippen MR) is 143 cm³/mol. The first-order valence-electron chi connectivity index (χ1n) is 11.6. The Balaban J connectivity index is 0.000000745. The summed E-state index contributed by atoms with van der Waals surface area (Å²) in [6.07, 6.45) is -3.79. The fourth-order valence-electron chi connectivity index (χ4n) is 3.51. The van der Waals surface area contributed by atoms with E-state index in [0.29, 0.717) is 27.8 Å². The number of nitrogens with one attached hydrogen (secondary N) is 2. The van der Waals surface area contributed by atoms with Gasteiger partial charge < -0.3 is 20.9 Å². The number of nitrogens with two attached hydrogens (primary N) is 1. The van der Waals surface area contributed by atoms with E-state index in [2.05, 4.69) is 5.32 Å². The Morgan fingerprint density at radius 3 is 2.10 bits per heavy atom. The van der Waals surface area contributed by atoms with Gasteiger partial charge in [-0.05, 0) is 35.4 Å². The lowest BCUT2D eigenvalue weighted by Crippen LogP contribution is -2.43. The van der Waals surface area contributed by atoms with Crippen LogP contribution in [0.15, 0.2) is 77.7 Å². The summed E-state index contributed by atoms with van der Waals surface area (Å²) < 4.78 is 60.8. The molecule has 0 bridgehead atoms. The van der Waals surface area contributed by atoms with Crippen molar-refractivity contribution in [2.45, 2.75) is 23.5 Å². The van der Waals surface area contributed by atoms with E-state index in [1.165, 1.54) is 13.2 Å². The number of benzene rings is 3. The number of hydrogen-bond donors (Lipinski definition) is 4. The molecular weight excluding hydrogens is 567 g/mol. The molecule has 0 aliphatic rings. The molecule has 0 heterocycles. The highest BCUT2D eigenvalue weighted by Crippen LogP contribution is 2.27. The number of carbonyl (C=O) groups is 3. The van der Waals surface area contributed by atoms with Crippen molar-refractivity contribution in [1.29, 1.82) is 5.41 Å². The van der Waals surface area contributed by atoms with E-state index in [-0.39, 0.29) is 17.2 Å². The van der Waals surface area contributed by atoms with Crippen molar-refractivity contribution in [3.8, 4) is 11.1 Å². The number of amides is 1. The molecule has 3 rings (SSSR count). The van der Waals surface area contributed by atoms with E-state index in [4.69, 9.17) is 25.8 Å². The highest BCUT2D eigenvalue weighted by Gasteiger charge is 2.38. The number of ether oxygens (including phenoxy) is 1. The predicted octanol–water partition coefficient (Wildman–Crippen LogP) is 3.19. The number of alkyl halides is 3. The van der Waals surface area contributed by atoms with E-state index < -0.39 is 39.9 Å². The van der Waals surface area contributed by atoms with E-state index in [1.54, 1.807) is 66.7 Å². The molecule has 5 N–H and O–H groups in total. The van der Waals surface area contributed by atoms with Crippen molar-refractivity contribution in [3.05, 3.63) is 89.5 Å². The normalized spacial score (nSPS) is 11.8. The molecule has 0 aliphatic carbocycles. The Morgan fingerprint density at radius 2 is 1.59 bits per heavy atom. The van der Waals surface area contributed by atoms with Crippen molar-refractivity contribution in [2.24, 2.45) is 5.73 Å². The van der Waals surface area contributed by atoms with Crippen molar-refractivity contribution >= 4 is 33.5 Å². The van der Waals surface area contributed by atoms with Gasteiger partial charge in [-0.2, -0.15) is 13.2 Å². The second kappa shape index (κ2) is 13.6. The first-order chi connectivity index (χ1) is 19.0. The quantitative estimate of drug-likeness (QED) is 0.175. The van der Waals surface area contributed by atoms with E-state index >= 15 is 0 Å². The number of carboxylic acids is 1. The van der Waals surface area contributed by atoms with Gasteiger partial charge in [0.15, 0.2) is 9.84 Å². The highest BCUT2D eigenvalue weighted by atomic mass is 32.2. The molecule has 41 heavy (non-hydrogen) atoms. The zero-order valence-corrected chi connectivity index (χ0v) is 22.5. The first-order valence-corrected chi connectivity index (χ1v) is 13.5. The number of sulfone groups is 1. The van der Waals surface area contributed by atoms with Gasteiger partial charge >= 0.3 is 18.1 Å². The van der Waals surface area contributed by atoms with Crippen LogP contribution >= 0.6 is 0 Å². The fourth-order valence-corrected chi connectivity index (χ4v) is 4.42. The van der Waals surface area contributed by atoms with E-state index in [1.807, 2.05) is 0 Å². The number of nitrogen functional groups attached to an aromatic ring is 1. The molecule has 0 spiro atoms. The van der Waals surface area contributed by atoms with Gasteiger partial charge in [-0.25, -0.2) is 18.0 Å². The minimum absolute atomic E-state index is 0.0990. The number of methoxy groups -OCH3 is 1. The summed E-state index contributed by atoms with van der Waals surface area (Å²) in [5.41, 5.74) is 8.22. The Labute approximate surface area is 233 Å². The van der Waals surface area contributed by atoms with Gasteiger partial charge in [0.1, 0.15) is 11.9 Å². The SMILES string of the molecule is COC(=O)[C@H](Cc1cccc(C(=N)N)c1)NC(=O)c1ccc(-c2ccccc2S(C)(=O)=O)cc1.O=C(O)C(F)(F)F. The topological polar surface area (TPSA) is 177 Å². The summed E-state index contributed by atoms with van der Waals surface area (Å²) >= 11 is 0. The minimum Gasteiger partial charge on any atom is -0.475 e. The van der Waals surface area contributed by atoms with Crippen molar-refractivity contribution in [1.82, 2.24) is 5.32 Å². The van der Waals surface area contributed by atoms with Crippen LogP contribution in [0, 0.1) is 5.41 Å². The molecule has 0 radical (unpaired) electrons. The standard InChI is InChI=1S/C25H25N3O5S.C2HF3O2/c1-33-25(30)21(15-16-6-5-7-19(14-16)23(26)27)28-24(29)18-12-10-17(11-13-18)20-8-3-4-9-22(20)34(2,31)32;3-2(4,5)1(6)7/h3-14,21H,15H2,1-2H3,(H3,26,27)(H,28,29);(H,6,7)/t21-;/m0./s1. The second-order valence-corrected chi connectivity index (χ2v) is 10.5. The summed E-state index contributed by atoms with van der Waals surface area (Å²) in [6.45, 7) is 0. The number of aliphatic carboxylic acids is 1. The van der Waals surface area contributed by atoms with Crippen LogP contribution in [-0.2, 0) is 30.6 Å². The number of esters is 1. The summed E-state index contributed by atoms with van der Waals surface area (Å²) in [7, 11) is -2.19. The largest absolute Gasteiger partial charge is 0.490 e. The van der Waals surface area contributed by atoms with Gasteiger partial charge in [-0.15, -0.1) is 0 Å². The molecule has 3 aromatic rings. The maximum atomic E-state index is 12.8. The van der Waals surface area contributed by atoms with Gasteiger partial charge in [0.25, 0.3) is 5.91 Å². The van der Waals surface area contributed by atoms with Gasteiger partial charge in [-0.1, -0.05) is 48.5 Å². The third kappa shape index (κ3) is 9.46. The number of halogens is 3. The van der Waals surface area contributed by atoms with Gasteiger partial charge in [0.2, 0.25) is 0 Å².